The number of fused-ring (bicyclic) bond motifs is 1. The van der Waals surface area contributed by atoms with Crippen molar-refractivity contribution in [2.45, 2.75) is 16.7 Å². The second-order valence-corrected chi connectivity index (χ2v) is 7.06. The summed E-state index contributed by atoms with van der Waals surface area (Å²) in [6.07, 6.45) is 0. The average molecular weight is 358 g/mol. The van der Waals surface area contributed by atoms with Crippen LogP contribution in [0.25, 0.3) is 10.2 Å². The number of alkyl halides is 2. The van der Waals surface area contributed by atoms with Gasteiger partial charge in [0.25, 0.3) is 0 Å². The summed E-state index contributed by atoms with van der Waals surface area (Å²) in [5, 5.41) is 0.488. The maximum atomic E-state index is 12.4. The number of aromatic nitrogens is 1. The summed E-state index contributed by atoms with van der Waals surface area (Å²) in [5.41, 5.74) is 1.56. The van der Waals surface area contributed by atoms with Crippen molar-refractivity contribution in [3.63, 3.8) is 0 Å². The fourth-order valence-electron chi connectivity index (χ4n) is 1.92. The highest BCUT2D eigenvalue weighted by atomic mass is 35.5. The van der Waals surface area contributed by atoms with Crippen LogP contribution in [0.1, 0.15) is 5.56 Å². The zero-order valence-electron chi connectivity index (χ0n) is 11.1. The predicted octanol–water partition coefficient (Wildman–Crippen LogP) is 5.84. The van der Waals surface area contributed by atoms with Gasteiger partial charge in [0.15, 0.2) is 4.34 Å². The van der Waals surface area contributed by atoms with Gasteiger partial charge in [-0.2, -0.15) is 8.78 Å². The van der Waals surface area contributed by atoms with Gasteiger partial charge in [0, 0.05) is 16.3 Å². The lowest BCUT2D eigenvalue weighted by molar-refractivity contribution is -0.0503. The number of nitrogens with zero attached hydrogens (tertiary/aromatic N) is 1. The lowest BCUT2D eigenvalue weighted by atomic mass is 10.2. The van der Waals surface area contributed by atoms with Crippen molar-refractivity contribution in [1.82, 2.24) is 4.98 Å². The van der Waals surface area contributed by atoms with Crippen molar-refractivity contribution in [3.05, 3.63) is 53.1 Å². The van der Waals surface area contributed by atoms with E-state index in [1.54, 1.807) is 17.4 Å². The number of benzene rings is 2. The van der Waals surface area contributed by atoms with Crippen LogP contribution in [0.15, 0.2) is 46.8 Å². The minimum atomic E-state index is -2.85. The van der Waals surface area contributed by atoms with Crippen LogP contribution in [0.5, 0.6) is 5.75 Å². The fourth-order valence-corrected chi connectivity index (χ4v) is 4.17. The van der Waals surface area contributed by atoms with E-state index in [1.165, 1.54) is 23.9 Å². The quantitative estimate of drug-likeness (QED) is 0.535. The monoisotopic (exact) mass is 357 g/mol. The molecule has 0 N–H and O–H groups in total. The van der Waals surface area contributed by atoms with Gasteiger partial charge < -0.3 is 4.74 Å². The third-order valence-corrected chi connectivity index (χ3v) is 5.33. The maximum absolute atomic E-state index is 12.4. The minimum absolute atomic E-state index is 0.146. The molecule has 0 aliphatic heterocycles. The van der Waals surface area contributed by atoms with Crippen LogP contribution in [0.3, 0.4) is 0 Å². The lowest BCUT2D eigenvalue weighted by Crippen LogP contribution is -2.04. The normalized spacial score (nSPS) is 11.3. The molecule has 1 aromatic heterocycles. The van der Waals surface area contributed by atoms with E-state index in [9.17, 15) is 8.78 Å². The Balaban J connectivity index is 1.79. The largest absolute Gasteiger partial charge is 0.435 e. The Hall–Kier alpha value is -1.37. The van der Waals surface area contributed by atoms with E-state index < -0.39 is 6.61 Å². The first-order valence-corrected chi connectivity index (χ1v) is 8.51. The van der Waals surface area contributed by atoms with E-state index >= 15 is 0 Å². The lowest BCUT2D eigenvalue weighted by Gasteiger charge is -2.10. The van der Waals surface area contributed by atoms with Crippen LogP contribution in [0, 0.1) is 0 Å². The number of para-hydroxylation sites is 1. The molecule has 7 heteroatoms. The topological polar surface area (TPSA) is 22.1 Å². The smallest absolute Gasteiger partial charge is 0.387 e. The van der Waals surface area contributed by atoms with Gasteiger partial charge in [0.1, 0.15) is 5.75 Å². The minimum Gasteiger partial charge on any atom is -0.435 e. The van der Waals surface area contributed by atoms with Crippen molar-refractivity contribution >= 4 is 44.9 Å². The Morgan fingerprint density at radius 3 is 2.82 bits per heavy atom. The number of thiazole rings is 1. The Morgan fingerprint density at radius 2 is 2.05 bits per heavy atom. The summed E-state index contributed by atoms with van der Waals surface area (Å²) in [6, 6.07) is 12.5. The summed E-state index contributed by atoms with van der Waals surface area (Å²) < 4.78 is 31.4. The average Bonchev–Trinajstić information content (AvgIpc) is 2.90. The molecule has 0 aliphatic rings. The van der Waals surface area contributed by atoms with Crippen LogP contribution in [0.2, 0.25) is 5.02 Å². The van der Waals surface area contributed by atoms with Crippen molar-refractivity contribution in [1.29, 1.82) is 0 Å². The molecular weight excluding hydrogens is 348 g/mol. The van der Waals surface area contributed by atoms with Crippen molar-refractivity contribution < 1.29 is 13.5 Å². The van der Waals surface area contributed by atoms with Gasteiger partial charge in [0.05, 0.1) is 10.2 Å². The Morgan fingerprint density at radius 1 is 1.23 bits per heavy atom. The SMILES string of the molecule is FC(F)Oc1ccc(Cl)cc1CSc1nc2ccccc2s1. The highest BCUT2D eigenvalue weighted by Crippen LogP contribution is 2.34. The summed E-state index contributed by atoms with van der Waals surface area (Å²) in [4.78, 5) is 4.50. The molecule has 114 valence electrons. The van der Waals surface area contributed by atoms with E-state index in [2.05, 4.69) is 9.72 Å². The second kappa shape index (κ2) is 6.81. The zero-order chi connectivity index (χ0) is 15.5. The first-order valence-electron chi connectivity index (χ1n) is 6.33. The van der Waals surface area contributed by atoms with Crippen LogP contribution < -0.4 is 4.74 Å². The molecule has 0 spiro atoms. The van der Waals surface area contributed by atoms with E-state index in [-0.39, 0.29) is 5.75 Å². The molecular formula is C15H10ClF2NOS2. The van der Waals surface area contributed by atoms with Gasteiger partial charge in [-0.1, -0.05) is 35.5 Å². The summed E-state index contributed by atoms with van der Waals surface area (Å²) in [5.74, 6) is 0.607. The molecule has 0 unspecified atom stereocenters. The Bertz CT molecular complexity index is 761. The first kappa shape index (κ1) is 15.5. The second-order valence-electron chi connectivity index (χ2n) is 4.37. The third-order valence-electron chi connectivity index (χ3n) is 2.86. The highest BCUT2D eigenvalue weighted by Gasteiger charge is 2.12. The van der Waals surface area contributed by atoms with Crippen LogP contribution in [0.4, 0.5) is 8.78 Å². The molecule has 0 bridgehead atoms. The molecule has 0 saturated carbocycles. The Kier molecular flexibility index (Phi) is 4.81. The summed E-state index contributed by atoms with van der Waals surface area (Å²) in [6.45, 7) is -2.85. The molecule has 3 rings (SSSR count). The van der Waals surface area contributed by atoms with E-state index in [0.29, 0.717) is 16.3 Å². The van der Waals surface area contributed by atoms with Crippen molar-refractivity contribution in [2.75, 3.05) is 0 Å². The third kappa shape index (κ3) is 3.69. The zero-order valence-corrected chi connectivity index (χ0v) is 13.5. The van der Waals surface area contributed by atoms with Crippen LogP contribution in [-0.2, 0) is 5.75 Å². The molecule has 2 nitrogen and oxygen atoms in total. The summed E-state index contributed by atoms with van der Waals surface area (Å²) >= 11 is 8.98. The standard InChI is InChI=1S/C15H10ClF2NOS2/c16-10-5-6-12(20-14(17)18)9(7-10)8-21-15-19-11-3-1-2-4-13(11)22-15/h1-7,14H,8H2. The predicted molar refractivity (Wildman–Crippen MR) is 87.3 cm³/mol. The molecule has 0 fully saturated rings. The fraction of sp³-hybridized carbons (Fsp3) is 0.133. The van der Waals surface area contributed by atoms with Gasteiger partial charge in [-0.3, -0.25) is 0 Å². The number of hydrogen-bond acceptors (Lipinski definition) is 4. The van der Waals surface area contributed by atoms with Gasteiger partial charge in [-0.05, 0) is 30.3 Å². The van der Waals surface area contributed by atoms with Gasteiger partial charge in [-0.15, -0.1) is 11.3 Å². The Labute approximate surface area is 139 Å². The van der Waals surface area contributed by atoms with Crippen LogP contribution in [-0.4, -0.2) is 11.6 Å². The number of halogens is 3. The number of rotatable bonds is 5. The van der Waals surface area contributed by atoms with Crippen LogP contribution >= 0.6 is 34.7 Å². The van der Waals surface area contributed by atoms with Crippen molar-refractivity contribution in [2.24, 2.45) is 0 Å². The number of hydrogen-bond donors (Lipinski definition) is 0. The van der Waals surface area contributed by atoms with Gasteiger partial charge in [-0.25, -0.2) is 4.98 Å². The number of ether oxygens (including phenoxy) is 1. The number of thioether (sulfide) groups is 1. The molecule has 0 amide bonds. The molecule has 0 atom stereocenters. The van der Waals surface area contributed by atoms with E-state index in [1.807, 2.05) is 24.3 Å². The first-order chi connectivity index (χ1) is 10.6. The summed E-state index contributed by atoms with van der Waals surface area (Å²) in [7, 11) is 0. The highest BCUT2D eigenvalue weighted by molar-refractivity contribution is 8.00. The molecule has 0 aliphatic carbocycles. The molecule has 2 aromatic carbocycles. The molecule has 1 heterocycles. The molecule has 0 saturated heterocycles. The van der Waals surface area contributed by atoms with Crippen molar-refractivity contribution in [3.8, 4) is 5.75 Å². The van der Waals surface area contributed by atoms with E-state index in [4.69, 9.17) is 11.6 Å². The van der Waals surface area contributed by atoms with E-state index in [0.717, 1.165) is 14.6 Å². The van der Waals surface area contributed by atoms with Gasteiger partial charge >= 0.3 is 6.61 Å². The van der Waals surface area contributed by atoms with Gasteiger partial charge in [0.2, 0.25) is 0 Å². The molecule has 0 radical (unpaired) electrons. The maximum Gasteiger partial charge on any atom is 0.387 e. The molecule has 3 aromatic rings. The molecule has 22 heavy (non-hydrogen) atoms.